The molecule has 0 aromatic heterocycles. The number of nitrogens with one attached hydrogen (secondary N) is 1. The van der Waals surface area contributed by atoms with E-state index in [1.54, 1.807) is 14.0 Å². The zero-order valence-electron chi connectivity index (χ0n) is 14.5. The molecule has 0 aromatic carbocycles. The summed E-state index contributed by atoms with van der Waals surface area (Å²) in [7, 11) is 0.541. The normalized spacial score (nSPS) is 12.5. The van der Waals surface area contributed by atoms with Gasteiger partial charge in [-0.25, -0.2) is 12.7 Å². The Hall–Kier alpha value is -1.08. The molecule has 130 valence electrons. The van der Waals surface area contributed by atoms with Gasteiger partial charge in [-0.15, -0.1) is 6.58 Å². The molecule has 0 fully saturated rings. The fourth-order valence-electron chi connectivity index (χ4n) is 1.89. The van der Waals surface area contributed by atoms with E-state index in [-0.39, 0.29) is 5.75 Å². The van der Waals surface area contributed by atoms with Gasteiger partial charge in [0.1, 0.15) is 0 Å². The third kappa shape index (κ3) is 8.38. The largest absolute Gasteiger partial charge is 0.357 e. The molecule has 1 N–H and O–H groups in total. The van der Waals surface area contributed by atoms with Crippen LogP contribution in [0.2, 0.25) is 0 Å². The van der Waals surface area contributed by atoms with Crippen LogP contribution >= 0.6 is 0 Å². The van der Waals surface area contributed by atoms with Gasteiger partial charge in [-0.3, -0.25) is 4.99 Å². The van der Waals surface area contributed by atoms with Crippen molar-refractivity contribution in [1.82, 2.24) is 14.5 Å². The second-order valence-electron chi connectivity index (χ2n) is 5.16. The minimum atomic E-state index is -3.09. The summed E-state index contributed by atoms with van der Waals surface area (Å²) in [4.78, 5) is 6.65. The van der Waals surface area contributed by atoms with Crippen LogP contribution in [0.4, 0.5) is 0 Å². The van der Waals surface area contributed by atoms with E-state index in [9.17, 15) is 8.42 Å². The topological polar surface area (TPSA) is 65.0 Å². The Morgan fingerprint density at radius 3 is 2.45 bits per heavy atom. The molecule has 0 aliphatic rings. The first-order valence-electron chi connectivity index (χ1n) is 7.93. The summed E-state index contributed by atoms with van der Waals surface area (Å²) >= 11 is 0. The molecule has 0 unspecified atom stereocenters. The van der Waals surface area contributed by atoms with Crippen molar-refractivity contribution in [3.05, 3.63) is 12.7 Å². The molecule has 0 heterocycles. The number of aliphatic imine (C=N–C) groups is 1. The van der Waals surface area contributed by atoms with Crippen molar-refractivity contribution < 1.29 is 8.42 Å². The van der Waals surface area contributed by atoms with Crippen molar-refractivity contribution in [2.24, 2.45) is 4.99 Å². The molecule has 0 radical (unpaired) electrons. The molecule has 0 aliphatic carbocycles. The Kier molecular flexibility index (Phi) is 10.9. The minimum Gasteiger partial charge on any atom is -0.357 e. The molecular formula is C15H32N4O2S. The van der Waals surface area contributed by atoms with Crippen LogP contribution in [0.1, 0.15) is 33.1 Å². The van der Waals surface area contributed by atoms with Gasteiger partial charge in [-0.2, -0.15) is 0 Å². The average Bonchev–Trinajstić information content (AvgIpc) is 2.50. The summed E-state index contributed by atoms with van der Waals surface area (Å²) in [6.45, 7) is 10.3. The second kappa shape index (κ2) is 11.5. The van der Waals surface area contributed by atoms with Gasteiger partial charge in [0, 0.05) is 40.3 Å². The van der Waals surface area contributed by atoms with E-state index in [4.69, 9.17) is 0 Å². The van der Waals surface area contributed by atoms with Gasteiger partial charge in [-0.1, -0.05) is 6.08 Å². The molecular weight excluding hydrogens is 300 g/mol. The van der Waals surface area contributed by atoms with Crippen LogP contribution in [0.3, 0.4) is 0 Å². The lowest BCUT2D eigenvalue weighted by Gasteiger charge is -2.22. The molecule has 0 aromatic rings. The number of hydrogen-bond acceptors (Lipinski definition) is 3. The summed E-state index contributed by atoms with van der Waals surface area (Å²) in [5, 5.41) is 3.26. The van der Waals surface area contributed by atoms with Gasteiger partial charge in [0.15, 0.2) is 5.96 Å². The van der Waals surface area contributed by atoms with Crippen LogP contribution in [0.15, 0.2) is 17.6 Å². The number of guanidine groups is 1. The number of rotatable bonds is 11. The third-order valence-corrected chi connectivity index (χ3v) is 5.19. The molecule has 7 heteroatoms. The van der Waals surface area contributed by atoms with Crippen molar-refractivity contribution in [2.75, 3.05) is 46.0 Å². The van der Waals surface area contributed by atoms with Gasteiger partial charge in [-0.05, 0) is 33.1 Å². The predicted molar refractivity (Wildman–Crippen MR) is 94.7 cm³/mol. The molecule has 0 amide bonds. The number of nitrogens with zero attached hydrogens (tertiary/aromatic N) is 3. The fourth-order valence-corrected chi connectivity index (χ4v) is 2.73. The van der Waals surface area contributed by atoms with Crippen LogP contribution in [0, 0.1) is 0 Å². The van der Waals surface area contributed by atoms with E-state index in [1.165, 1.54) is 4.31 Å². The second-order valence-corrected chi connectivity index (χ2v) is 7.53. The SMILES string of the molecule is C=CCCCN(C)C(=NCCCN(C)S(=O)(=O)CC)NCC. The van der Waals surface area contributed by atoms with E-state index in [0.717, 1.165) is 31.9 Å². The Morgan fingerprint density at radius 2 is 1.91 bits per heavy atom. The van der Waals surface area contributed by atoms with Crippen molar-refractivity contribution in [3.8, 4) is 0 Å². The minimum absolute atomic E-state index is 0.140. The van der Waals surface area contributed by atoms with Gasteiger partial charge in [0.2, 0.25) is 10.0 Å². The highest BCUT2D eigenvalue weighted by molar-refractivity contribution is 7.89. The van der Waals surface area contributed by atoms with Gasteiger partial charge < -0.3 is 10.2 Å². The maximum Gasteiger partial charge on any atom is 0.213 e. The highest BCUT2D eigenvalue weighted by Crippen LogP contribution is 2.00. The number of allylic oxidation sites excluding steroid dienone is 1. The molecule has 0 rings (SSSR count). The maximum atomic E-state index is 11.6. The Labute approximate surface area is 136 Å². The molecule has 6 nitrogen and oxygen atoms in total. The molecule has 0 atom stereocenters. The van der Waals surface area contributed by atoms with Gasteiger partial charge in [0.25, 0.3) is 0 Å². The van der Waals surface area contributed by atoms with Crippen LogP contribution in [-0.2, 0) is 10.0 Å². The monoisotopic (exact) mass is 332 g/mol. The maximum absolute atomic E-state index is 11.6. The highest BCUT2D eigenvalue weighted by atomic mass is 32.2. The summed E-state index contributed by atoms with van der Waals surface area (Å²) < 4.78 is 24.7. The lowest BCUT2D eigenvalue weighted by Crippen LogP contribution is -2.39. The predicted octanol–water partition coefficient (Wildman–Crippen LogP) is 1.52. The molecule has 0 saturated heterocycles. The van der Waals surface area contributed by atoms with Crippen molar-refractivity contribution in [1.29, 1.82) is 0 Å². The third-order valence-electron chi connectivity index (χ3n) is 3.33. The lowest BCUT2D eigenvalue weighted by molar-refractivity contribution is 0.457. The Bertz CT molecular complexity index is 435. The summed E-state index contributed by atoms with van der Waals surface area (Å²) in [6, 6.07) is 0. The summed E-state index contributed by atoms with van der Waals surface area (Å²) in [6.07, 6.45) is 4.67. The zero-order chi connectivity index (χ0) is 17.0. The summed E-state index contributed by atoms with van der Waals surface area (Å²) in [5.41, 5.74) is 0. The van der Waals surface area contributed by atoms with Crippen LogP contribution in [0.25, 0.3) is 0 Å². The van der Waals surface area contributed by atoms with E-state index in [1.807, 2.05) is 20.0 Å². The molecule has 22 heavy (non-hydrogen) atoms. The van der Waals surface area contributed by atoms with Crippen molar-refractivity contribution in [3.63, 3.8) is 0 Å². The fraction of sp³-hybridized carbons (Fsp3) is 0.800. The van der Waals surface area contributed by atoms with Crippen molar-refractivity contribution >= 4 is 16.0 Å². The van der Waals surface area contributed by atoms with E-state index in [0.29, 0.717) is 19.5 Å². The van der Waals surface area contributed by atoms with E-state index in [2.05, 4.69) is 21.8 Å². The first-order valence-corrected chi connectivity index (χ1v) is 9.54. The Balaban J connectivity index is 4.35. The quantitative estimate of drug-likeness (QED) is 0.270. The molecule has 0 spiro atoms. The lowest BCUT2D eigenvalue weighted by atomic mass is 10.3. The molecule has 0 aliphatic heterocycles. The first-order chi connectivity index (χ1) is 10.4. The smallest absolute Gasteiger partial charge is 0.213 e. The molecule has 0 saturated carbocycles. The molecule has 0 bridgehead atoms. The van der Waals surface area contributed by atoms with E-state index >= 15 is 0 Å². The van der Waals surface area contributed by atoms with Gasteiger partial charge in [0.05, 0.1) is 5.75 Å². The van der Waals surface area contributed by atoms with Crippen LogP contribution < -0.4 is 5.32 Å². The zero-order valence-corrected chi connectivity index (χ0v) is 15.3. The van der Waals surface area contributed by atoms with Crippen LogP contribution in [-0.4, -0.2) is 69.6 Å². The summed E-state index contributed by atoms with van der Waals surface area (Å²) in [5.74, 6) is 1.01. The standard InChI is InChI=1S/C15H32N4O2S/c1-6-9-10-13-18(4)15(16-7-2)17-12-11-14-19(5)22(20,21)8-3/h6H,1,7-14H2,2-5H3,(H,16,17). The van der Waals surface area contributed by atoms with Gasteiger partial charge >= 0.3 is 0 Å². The first kappa shape index (κ1) is 20.9. The number of unbranched alkanes of at least 4 members (excludes halogenated alkanes) is 1. The number of sulfonamides is 1. The van der Waals surface area contributed by atoms with Crippen LogP contribution in [0.5, 0.6) is 0 Å². The average molecular weight is 333 g/mol. The van der Waals surface area contributed by atoms with Crippen molar-refractivity contribution in [2.45, 2.75) is 33.1 Å². The number of hydrogen-bond donors (Lipinski definition) is 1. The highest BCUT2D eigenvalue weighted by Gasteiger charge is 2.13. The van der Waals surface area contributed by atoms with E-state index < -0.39 is 10.0 Å². The Morgan fingerprint density at radius 1 is 1.23 bits per heavy atom.